The number of rotatable bonds is 11. The lowest BCUT2D eigenvalue weighted by Gasteiger charge is -2.37. The molecule has 1 aromatic heterocycles. The normalized spacial score (nSPS) is 14.4. The van der Waals surface area contributed by atoms with Crippen LogP contribution < -0.4 is 11.1 Å². The van der Waals surface area contributed by atoms with Crippen LogP contribution in [0.5, 0.6) is 0 Å². The number of carbonyl (C=O) groups is 4. The first kappa shape index (κ1) is 32.0. The number of amides is 4. The summed E-state index contributed by atoms with van der Waals surface area (Å²) in [4.78, 5) is 62.0. The van der Waals surface area contributed by atoms with Crippen LogP contribution in [-0.4, -0.2) is 83.6 Å². The Morgan fingerprint density at radius 1 is 1.00 bits per heavy atom. The second-order valence-corrected chi connectivity index (χ2v) is 12.6. The molecule has 4 aromatic rings. The summed E-state index contributed by atoms with van der Waals surface area (Å²) in [6, 6.07) is 23.9. The van der Waals surface area contributed by atoms with Crippen LogP contribution in [0.3, 0.4) is 0 Å². The molecule has 0 radical (unpaired) electrons. The number of benzene rings is 3. The first-order chi connectivity index (χ1) is 21.6. The zero-order valence-corrected chi connectivity index (χ0v) is 27.4. The van der Waals surface area contributed by atoms with E-state index in [9.17, 15) is 19.2 Å². The van der Waals surface area contributed by atoms with Crippen molar-refractivity contribution >= 4 is 62.8 Å². The standard InChI is InChI=1S/C34H35IN6O4/c1-39(2)17-18-40(21-31(36)42)32(43)15-16-41-30(29-14-10-22-5-3-4-6-28(22)38-29)19-24-9-13-26(20-27(24)34(41)45)37-33(44)23-7-11-25(35)12-8-23/h3-14,20,30H,15-19,21H2,1-2H3,(H2,36,42)(H,37,44). The molecule has 1 unspecified atom stereocenters. The predicted molar refractivity (Wildman–Crippen MR) is 182 cm³/mol. The second-order valence-electron chi connectivity index (χ2n) is 11.3. The highest BCUT2D eigenvalue weighted by atomic mass is 127. The summed E-state index contributed by atoms with van der Waals surface area (Å²) in [5, 5.41) is 3.89. The average Bonchev–Trinajstić information content (AvgIpc) is 3.02. The van der Waals surface area contributed by atoms with E-state index in [2.05, 4.69) is 27.9 Å². The Kier molecular flexibility index (Phi) is 10.1. The Balaban J connectivity index is 1.43. The fraction of sp³-hybridized carbons (Fsp3) is 0.265. The van der Waals surface area contributed by atoms with Gasteiger partial charge < -0.3 is 25.8 Å². The Morgan fingerprint density at radius 2 is 1.76 bits per heavy atom. The number of primary amides is 1. The van der Waals surface area contributed by atoms with Crippen molar-refractivity contribution in [1.29, 1.82) is 0 Å². The van der Waals surface area contributed by atoms with Crippen molar-refractivity contribution < 1.29 is 19.2 Å². The number of nitrogens with one attached hydrogen (secondary N) is 1. The fourth-order valence-corrected chi connectivity index (χ4v) is 5.77. The minimum absolute atomic E-state index is 0.00902. The van der Waals surface area contributed by atoms with Gasteiger partial charge in [-0.3, -0.25) is 24.2 Å². The van der Waals surface area contributed by atoms with Crippen LogP contribution in [0.1, 0.15) is 44.4 Å². The van der Waals surface area contributed by atoms with Crippen LogP contribution in [0.2, 0.25) is 0 Å². The number of anilines is 1. The maximum atomic E-state index is 14.2. The molecule has 2 heterocycles. The molecule has 1 aliphatic heterocycles. The molecule has 5 rings (SSSR count). The van der Waals surface area contributed by atoms with E-state index in [1.165, 1.54) is 4.90 Å². The van der Waals surface area contributed by atoms with Gasteiger partial charge in [0.15, 0.2) is 0 Å². The molecule has 1 aliphatic rings. The van der Waals surface area contributed by atoms with Crippen molar-refractivity contribution in [2.24, 2.45) is 5.73 Å². The minimum atomic E-state index is -0.594. The molecule has 11 heteroatoms. The predicted octanol–water partition coefficient (Wildman–Crippen LogP) is 4.10. The lowest BCUT2D eigenvalue weighted by Crippen LogP contribution is -2.45. The smallest absolute Gasteiger partial charge is 0.255 e. The highest BCUT2D eigenvalue weighted by Gasteiger charge is 2.35. The number of halogens is 1. The number of nitrogens with zero attached hydrogens (tertiary/aromatic N) is 4. The topological polar surface area (TPSA) is 129 Å². The van der Waals surface area contributed by atoms with Crippen LogP contribution in [0.4, 0.5) is 5.69 Å². The fourth-order valence-electron chi connectivity index (χ4n) is 5.41. The highest BCUT2D eigenvalue weighted by molar-refractivity contribution is 14.1. The number of nitrogens with two attached hydrogens (primary N) is 1. The number of carbonyl (C=O) groups excluding carboxylic acids is 4. The molecule has 4 amide bonds. The lowest BCUT2D eigenvalue weighted by atomic mass is 9.90. The number of fused-ring (bicyclic) bond motifs is 2. The first-order valence-electron chi connectivity index (χ1n) is 14.7. The SMILES string of the molecule is CN(C)CCN(CC(N)=O)C(=O)CCN1C(=O)c2cc(NC(=O)c3ccc(I)cc3)ccc2CC1c1ccc2ccccc2n1. The molecule has 0 bridgehead atoms. The van der Waals surface area contributed by atoms with Crippen LogP contribution in [0, 0.1) is 3.57 Å². The van der Waals surface area contributed by atoms with Crippen molar-refractivity contribution in [2.45, 2.75) is 18.9 Å². The molecule has 10 nitrogen and oxygen atoms in total. The highest BCUT2D eigenvalue weighted by Crippen LogP contribution is 2.35. The molecular formula is C34H35IN6O4. The van der Waals surface area contributed by atoms with E-state index in [0.29, 0.717) is 36.3 Å². The Bertz CT molecular complexity index is 1740. The van der Waals surface area contributed by atoms with Crippen molar-refractivity contribution in [3.05, 3.63) is 105 Å². The summed E-state index contributed by atoms with van der Waals surface area (Å²) < 4.78 is 1.02. The van der Waals surface area contributed by atoms with Crippen LogP contribution >= 0.6 is 22.6 Å². The van der Waals surface area contributed by atoms with E-state index < -0.39 is 11.9 Å². The molecule has 0 saturated heterocycles. The summed E-state index contributed by atoms with van der Waals surface area (Å²) in [7, 11) is 3.77. The third kappa shape index (κ3) is 7.84. The number of para-hydroxylation sites is 1. The van der Waals surface area contributed by atoms with Crippen molar-refractivity contribution in [3.8, 4) is 0 Å². The van der Waals surface area contributed by atoms with E-state index in [1.54, 1.807) is 29.2 Å². The van der Waals surface area contributed by atoms with Gasteiger partial charge in [-0.25, -0.2) is 0 Å². The summed E-state index contributed by atoms with van der Waals surface area (Å²) in [5.41, 5.74) is 9.27. The molecule has 0 aliphatic carbocycles. The van der Waals surface area contributed by atoms with Crippen LogP contribution in [0.25, 0.3) is 10.9 Å². The van der Waals surface area contributed by atoms with Gasteiger partial charge in [0, 0.05) is 51.8 Å². The minimum Gasteiger partial charge on any atom is -0.368 e. The van der Waals surface area contributed by atoms with Gasteiger partial charge in [-0.05, 0) is 97.2 Å². The third-order valence-corrected chi connectivity index (χ3v) is 8.52. The maximum absolute atomic E-state index is 14.2. The maximum Gasteiger partial charge on any atom is 0.255 e. The summed E-state index contributed by atoms with van der Waals surface area (Å²) >= 11 is 2.18. The molecule has 0 fully saturated rings. The lowest BCUT2D eigenvalue weighted by molar-refractivity contribution is -0.135. The van der Waals surface area contributed by atoms with Crippen LogP contribution in [-0.2, 0) is 16.0 Å². The second kappa shape index (κ2) is 14.2. The molecule has 3 aromatic carbocycles. The number of aromatic nitrogens is 1. The van der Waals surface area contributed by atoms with Crippen LogP contribution in [0.15, 0.2) is 78.9 Å². The molecule has 45 heavy (non-hydrogen) atoms. The number of hydrogen-bond acceptors (Lipinski definition) is 6. The Labute approximate surface area is 275 Å². The molecule has 1 atom stereocenters. The molecule has 0 spiro atoms. The van der Waals surface area contributed by atoms with Gasteiger partial charge in [0.25, 0.3) is 11.8 Å². The Morgan fingerprint density at radius 3 is 2.49 bits per heavy atom. The Hall–Kier alpha value is -4.36. The summed E-state index contributed by atoms with van der Waals surface area (Å²) in [5.74, 6) is -1.40. The number of pyridine rings is 1. The summed E-state index contributed by atoms with van der Waals surface area (Å²) in [6.45, 7) is 0.829. The van der Waals surface area contributed by atoms with Gasteiger partial charge >= 0.3 is 0 Å². The van der Waals surface area contributed by atoms with Gasteiger partial charge in [-0.2, -0.15) is 0 Å². The van der Waals surface area contributed by atoms with Crippen molar-refractivity contribution in [3.63, 3.8) is 0 Å². The number of likely N-dealkylation sites (N-methyl/N-ethyl adjacent to an activating group) is 1. The summed E-state index contributed by atoms with van der Waals surface area (Å²) in [6.07, 6.45) is 0.493. The van der Waals surface area contributed by atoms with Crippen molar-refractivity contribution in [1.82, 2.24) is 19.7 Å². The zero-order valence-electron chi connectivity index (χ0n) is 25.2. The molecule has 0 saturated carbocycles. The van der Waals surface area contributed by atoms with E-state index in [4.69, 9.17) is 10.7 Å². The van der Waals surface area contributed by atoms with E-state index in [0.717, 1.165) is 25.7 Å². The van der Waals surface area contributed by atoms with Gasteiger partial charge in [-0.15, -0.1) is 0 Å². The molecular weight excluding hydrogens is 683 g/mol. The third-order valence-electron chi connectivity index (χ3n) is 7.80. The van der Waals surface area contributed by atoms with Gasteiger partial charge in [0.2, 0.25) is 11.8 Å². The van der Waals surface area contributed by atoms with Gasteiger partial charge in [-0.1, -0.05) is 30.3 Å². The average molecular weight is 719 g/mol. The monoisotopic (exact) mass is 718 g/mol. The van der Waals surface area contributed by atoms with E-state index in [-0.39, 0.29) is 37.2 Å². The zero-order chi connectivity index (χ0) is 32.1. The quantitative estimate of drug-likeness (QED) is 0.225. The van der Waals surface area contributed by atoms with Crippen molar-refractivity contribution in [2.75, 3.05) is 45.6 Å². The van der Waals surface area contributed by atoms with E-state index >= 15 is 0 Å². The van der Waals surface area contributed by atoms with Gasteiger partial charge in [0.05, 0.1) is 23.8 Å². The van der Waals surface area contributed by atoms with E-state index in [1.807, 2.05) is 73.6 Å². The van der Waals surface area contributed by atoms with Gasteiger partial charge in [0.1, 0.15) is 0 Å². The number of hydrogen-bond donors (Lipinski definition) is 2. The molecule has 232 valence electrons. The molecule has 3 N–H and O–H groups in total. The first-order valence-corrected chi connectivity index (χ1v) is 15.7. The largest absolute Gasteiger partial charge is 0.368 e.